The molecule has 4 aliphatic heterocycles. The van der Waals surface area contributed by atoms with Crippen LogP contribution in [-0.4, -0.2) is 32.4 Å². The summed E-state index contributed by atoms with van der Waals surface area (Å²) in [6.07, 6.45) is 7.73. The second kappa shape index (κ2) is 3.94. The highest BCUT2D eigenvalue weighted by Crippen LogP contribution is 2.63. The summed E-state index contributed by atoms with van der Waals surface area (Å²) in [5.74, 6) is 0.851. The highest BCUT2D eigenvalue weighted by atomic mass is 19.1. The third kappa shape index (κ3) is 1.73. The van der Waals surface area contributed by atoms with Gasteiger partial charge in [0.05, 0.1) is 6.67 Å². The molecule has 0 aromatic rings. The van der Waals surface area contributed by atoms with Crippen molar-refractivity contribution in [3.05, 3.63) is 0 Å². The fourth-order valence-corrected chi connectivity index (χ4v) is 6.08. The molecule has 3 atom stereocenters. The molecule has 19 heavy (non-hydrogen) atoms. The number of hydrogen-bond donors (Lipinski definition) is 2. The lowest BCUT2D eigenvalue weighted by molar-refractivity contribution is -0.134. The molecule has 6 rings (SSSR count). The molecule has 2 aliphatic carbocycles. The smallest absolute Gasteiger partial charge is 0.0963 e. The first-order valence-electron chi connectivity index (χ1n) is 8.10. The number of piperidine rings is 4. The van der Waals surface area contributed by atoms with Crippen molar-refractivity contribution in [3.8, 4) is 0 Å². The van der Waals surface area contributed by atoms with Crippen LogP contribution in [0.1, 0.15) is 45.4 Å². The van der Waals surface area contributed by atoms with Gasteiger partial charge in [-0.2, -0.15) is 0 Å². The topological polar surface area (TPSA) is 24.1 Å². The van der Waals surface area contributed by atoms with Gasteiger partial charge in [-0.3, -0.25) is 4.39 Å². The third-order valence-corrected chi connectivity index (χ3v) is 6.93. The lowest BCUT2D eigenvalue weighted by atomic mass is 9.44. The van der Waals surface area contributed by atoms with Crippen LogP contribution in [0.25, 0.3) is 0 Å². The van der Waals surface area contributed by atoms with Crippen molar-refractivity contribution in [2.24, 2.45) is 22.2 Å². The van der Waals surface area contributed by atoms with Crippen LogP contribution >= 0.6 is 0 Å². The van der Waals surface area contributed by atoms with Crippen molar-refractivity contribution in [2.45, 2.75) is 51.5 Å². The number of halogens is 1. The Morgan fingerprint density at radius 2 is 1.95 bits per heavy atom. The highest BCUT2D eigenvalue weighted by Gasteiger charge is 2.60. The summed E-state index contributed by atoms with van der Waals surface area (Å²) >= 11 is 0. The van der Waals surface area contributed by atoms with Gasteiger partial charge in [-0.05, 0) is 55.3 Å². The summed E-state index contributed by atoms with van der Waals surface area (Å²) in [5.41, 5.74) is 0.943. The summed E-state index contributed by atoms with van der Waals surface area (Å²) in [5, 5.41) is 7.26. The molecule has 6 fully saturated rings. The Hall–Kier alpha value is -0.150. The van der Waals surface area contributed by atoms with Crippen LogP contribution in [0.2, 0.25) is 0 Å². The minimum Gasteiger partial charge on any atom is -0.316 e. The third-order valence-electron chi connectivity index (χ3n) is 6.93. The molecule has 0 radical (unpaired) electrons. The Morgan fingerprint density at radius 1 is 1.16 bits per heavy atom. The summed E-state index contributed by atoms with van der Waals surface area (Å²) < 4.78 is 13.3. The average Bonchev–Trinajstić information content (AvgIpc) is 2.40. The van der Waals surface area contributed by atoms with Crippen molar-refractivity contribution in [3.63, 3.8) is 0 Å². The molecular weight excluding hydrogens is 239 g/mol. The zero-order valence-electron chi connectivity index (χ0n) is 12.1. The SMILES string of the molecule is CC1CC2CCC1(CC13CNCC(CF)(C1)C3)CN2. The molecule has 108 valence electrons. The molecule has 0 aromatic heterocycles. The fraction of sp³-hybridized carbons (Fsp3) is 1.00. The lowest BCUT2D eigenvalue weighted by Crippen LogP contribution is -2.66. The van der Waals surface area contributed by atoms with E-state index >= 15 is 0 Å². The van der Waals surface area contributed by atoms with Crippen LogP contribution in [0.4, 0.5) is 4.39 Å². The van der Waals surface area contributed by atoms with Crippen LogP contribution in [0, 0.1) is 22.2 Å². The van der Waals surface area contributed by atoms with Gasteiger partial charge >= 0.3 is 0 Å². The maximum atomic E-state index is 13.3. The van der Waals surface area contributed by atoms with E-state index in [0.29, 0.717) is 10.8 Å². The van der Waals surface area contributed by atoms with E-state index in [-0.39, 0.29) is 12.1 Å². The molecule has 0 amide bonds. The second-order valence-corrected chi connectivity index (χ2v) is 8.38. The average molecular weight is 266 g/mol. The minimum absolute atomic E-state index is 0.0113. The van der Waals surface area contributed by atoms with Crippen molar-refractivity contribution >= 4 is 0 Å². The summed E-state index contributed by atoms with van der Waals surface area (Å²) in [6.45, 7) is 5.59. The predicted molar refractivity (Wildman–Crippen MR) is 74.8 cm³/mol. The van der Waals surface area contributed by atoms with Crippen LogP contribution in [0.5, 0.6) is 0 Å². The van der Waals surface area contributed by atoms with Gasteiger partial charge < -0.3 is 10.6 Å². The molecule has 2 saturated carbocycles. The van der Waals surface area contributed by atoms with E-state index in [0.717, 1.165) is 37.9 Å². The number of fused-ring (bicyclic) bond motifs is 5. The van der Waals surface area contributed by atoms with Crippen LogP contribution < -0.4 is 10.6 Å². The van der Waals surface area contributed by atoms with Crippen LogP contribution in [-0.2, 0) is 0 Å². The summed E-state index contributed by atoms with van der Waals surface area (Å²) in [4.78, 5) is 0. The van der Waals surface area contributed by atoms with Crippen LogP contribution in [0.3, 0.4) is 0 Å². The number of alkyl halides is 1. The Balaban J connectivity index is 1.52. The Kier molecular flexibility index (Phi) is 2.61. The minimum atomic E-state index is -0.120. The van der Waals surface area contributed by atoms with Crippen molar-refractivity contribution in [2.75, 3.05) is 26.3 Å². The molecule has 4 saturated heterocycles. The molecule has 3 heteroatoms. The van der Waals surface area contributed by atoms with Crippen LogP contribution in [0.15, 0.2) is 0 Å². The number of nitrogens with one attached hydrogen (secondary N) is 2. The van der Waals surface area contributed by atoms with Gasteiger partial charge in [0, 0.05) is 31.1 Å². The summed E-state index contributed by atoms with van der Waals surface area (Å²) in [7, 11) is 0. The molecule has 3 unspecified atom stereocenters. The van der Waals surface area contributed by atoms with Crippen molar-refractivity contribution in [1.29, 1.82) is 0 Å². The first-order chi connectivity index (χ1) is 9.10. The number of rotatable bonds is 3. The first-order valence-corrected chi connectivity index (χ1v) is 8.10. The maximum Gasteiger partial charge on any atom is 0.0963 e. The molecule has 6 aliphatic rings. The van der Waals surface area contributed by atoms with Gasteiger partial charge in [-0.1, -0.05) is 6.92 Å². The maximum absolute atomic E-state index is 13.3. The Labute approximate surface area is 115 Å². The predicted octanol–water partition coefficient (Wildman–Crippen LogP) is 2.49. The van der Waals surface area contributed by atoms with E-state index < -0.39 is 0 Å². The van der Waals surface area contributed by atoms with Gasteiger partial charge in [-0.15, -0.1) is 0 Å². The molecule has 2 nitrogen and oxygen atoms in total. The molecular formula is C16H27FN2. The van der Waals surface area contributed by atoms with E-state index in [4.69, 9.17) is 0 Å². The van der Waals surface area contributed by atoms with E-state index in [1.165, 1.54) is 32.2 Å². The molecule has 4 bridgehead atoms. The molecule has 2 N–H and O–H groups in total. The van der Waals surface area contributed by atoms with Gasteiger partial charge in [0.2, 0.25) is 0 Å². The fourth-order valence-electron chi connectivity index (χ4n) is 6.08. The van der Waals surface area contributed by atoms with E-state index in [2.05, 4.69) is 17.6 Å². The standard InChI is InChI=1S/C16H27FN2/c1-12-4-13-2-3-16(12,11-19-13)7-14-5-15(6-14,8-17)10-18-9-14/h12-13,18-19H,2-11H2,1H3. The second-order valence-electron chi connectivity index (χ2n) is 8.38. The summed E-state index contributed by atoms with van der Waals surface area (Å²) in [6, 6.07) is 0.783. The number of hydrogen-bond acceptors (Lipinski definition) is 2. The van der Waals surface area contributed by atoms with Gasteiger partial charge in [0.15, 0.2) is 0 Å². The lowest BCUT2D eigenvalue weighted by Gasteiger charge is -2.64. The quantitative estimate of drug-likeness (QED) is 0.820. The molecule has 4 heterocycles. The van der Waals surface area contributed by atoms with Gasteiger partial charge in [0.25, 0.3) is 0 Å². The zero-order chi connectivity index (χ0) is 13.1. The normalized spacial score (nSPS) is 55.9. The highest BCUT2D eigenvalue weighted by molar-refractivity contribution is 5.13. The monoisotopic (exact) mass is 266 g/mol. The zero-order valence-corrected chi connectivity index (χ0v) is 12.1. The Morgan fingerprint density at radius 3 is 2.58 bits per heavy atom. The van der Waals surface area contributed by atoms with E-state index in [1.54, 1.807) is 0 Å². The van der Waals surface area contributed by atoms with Crippen molar-refractivity contribution < 1.29 is 4.39 Å². The van der Waals surface area contributed by atoms with E-state index in [9.17, 15) is 4.39 Å². The van der Waals surface area contributed by atoms with Gasteiger partial charge in [0.1, 0.15) is 0 Å². The molecule has 0 aromatic carbocycles. The first kappa shape index (κ1) is 12.6. The van der Waals surface area contributed by atoms with Gasteiger partial charge in [-0.25, -0.2) is 0 Å². The Bertz CT molecular complexity index is 367. The largest absolute Gasteiger partial charge is 0.316 e. The molecule has 0 spiro atoms. The van der Waals surface area contributed by atoms with Crippen molar-refractivity contribution in [1.82, 2.24) is 10.6 Å². The van der Waals surface area contributed by atoms with E-state index in [1.807, 2.05) is 0 Å².